The molecule has 4 atom stereocenters. The summed E-state index contributed by atoms with van der Waals surface area (Å²) >= 11 is 0. The van der Waals surface area contributed by atoms with Gasteiger partial charge >= 0.3 is 5.69 Å². The Morgan fingerprint density at radius 3 is 2.81 bits per heavy atom. The largest absolute Gasteiger partial charge is 0.372 e. The number of hydrogen-bond acceptors (Lipinski definition) is 8. The van der Waals surface area contributed by atoms with Crippen molar-refractivity contribution in [1.82, 2.24) is 9.55 Å². The first-order valence-electron chi connectivity index (χ1n) is 8.74. The van der Waals surface area contributed by atoms with Crippen LogP contribution in [0.3, 0.4) is 0 Å². The SMILES string of the molecule is CCCCOC1C2OC[C@]1(COS(C)(=O)=O)O[C@H]2n1cc(C)c(=O)[nH]c1=O. The van der Waals surface area contributed by atoms with Crippen molar-refractivity contribution in [2.75, 3.05) is 26.1 Å². The van der Waals surface area contributed by atoms with Crippen LogP contribution >= 0.6 is 0 Å². The zero-order valence-electron chi connectivity index (χ0n) is 15.5. The molecule has 11 heteroatoms. The van der Waals surface area contributed by atoms with Crippen molar-refractivity contribution in [2.45, 2.75) is 50.7 Å². The van der Waals surface area contributed by atoms with Crippen LogP contribution in [0.1, 0.15) is 31.6 Å². The first kappa shape index (κ1) is 20.2. The fraction of sp³-hybridized carbons (Fsp3) is 0.750. The van der Waals surface area contributed by atoms with Crippen molar-refractivity contribution in [3.05, 3.63) is 32.6 Å². The Hall–Kier alpha value is -1.53. The molecular weight excluding hydrogens is 380 g/mol. The summed E-state index contributed by atoms with van der Waals surface area (Å²) in [6.45, 7) is 3.83. The van der Waals surface area contributed by atoms with Crippen molar-refractivity contribution < 1.29 is 26.8 Å². The average Bonchev–Trinajstić information content (AvgIpc) is 3.09. The summed E-state index contributed by atoms with van der Waals surface area (Å²) in [6, 6.07) is 0. The van der Waals surface area contributed by atoms with E-state index in [2.05, 4.69) is 4.98 Å². The van der Waals surface area contributed by atoms with Gasteiger partial charge in [-0.15, -0.1) is 0 Å². The molecule has 2 bridgehead atoms. The number of nitrogens with one attached hydrogen (secondary N) is 1. The van der Waals surface area contributed by atoms with Crippen molar-refractivity contribution >= 4 is 10.1 Å². The zero-order chi connectivity index (χ0) is 19.8. The number of hydrogen-bond donors (Lipinski definition) is 1. The molecular formula is C16H24N2O8S. The number of aryl methyl sites for hydroxylation is 1. The van der Waals surface area contributed by atoms with E-state index in [1.54, 1.807) is 6.92 Å². The van der Waals surface area contributed by atoms with E-state index >= 15 is 0 Å². The summed E-state index contributed by atoms with van der Waals surface area (Å²) in [5.41, 5.74) is -1.94. The second-order valence-corrected chi connectivity index (χ2v) is 8.58. The zero-order valence-corrected chi connectivity index (χ0v) is 16.3. The summed E-state index contributed by atoms with van der Waals surface area (Å²) in [5, 5.41) is 0. The number of rotatable bonds is 8. The molecule has 2 aliphatic heterocycles. The van der Waals surface area contributed by atoms with Gasteiger partial charge in [0.05, 0.1) is 12.9 Å². The summed E-state index contributed by atoms with van der Waals surface area (Å²) in [7, 11) is -3.70. The highest BCUT2D eigenvalue weighted by Crippen LogP contribution is 2.46. The van der Waals surface area contributed by atoms with Crippen LogP contribution in [-0.2, 0) is 28.5 Å². The van der Waals surface area contributed by atoms with Gasteiger partial charge in [0, 0.05) is 18.4 Å². The highest BCUT2D eigenvalue weighted by molar-refractivity contribution is 7.85. The minimum absolute atomic E-state index is 0.0809. The molecule has 0 aromatic carbocycles. The molecule has 1 N–H and O–H groups in total. The molecule has 0 amide bonds. The van der Waals surface area contributed by atoms with E-state index in [0.717, 1.165) is 19.1 Å². The average molecular weight is 404 g/mol. The highest BCUT2D eigenvalue weighted by atomic mass is 32.2. The second-order valence-electron chi connectivity index (χ2n) is 6.94. The molecule has 3 heterocycles. The molecule has 2 unspecified atom stereocenters. The van der Waals surface area contributed by atoms with Gasteiger partial charge in [0.2, 0.25) is 0 Å². The monoisotopic (exact) mass is 404 g/mol. The third-order valence-corrected chi connectivity index (χ3v) is 5.25. The Kier molecular flexibility index (Phi) is 5.59. The Bertz CT molecular complexity index is 908. The van der Waals surface area contributed by atoms with Gasteiger partial charge in [-0.3, -0.25) is 18.5 Å². The van der Waals surface area contributed by atoms with Gasteiger partial charge in [-0.05, 0) is 13.3 Å². The third kappa shape index (κ3) is 4.02. The smallest absolute Gasteiger partial charge is 0.330 e. The van der Waals surface area contributed by atoms with E-state index in [-0.39, 0.29) is 13.2 Å². The van der Waals surface area contributed by atoms with E-state index in [4.69, 9.17) is 18.4 Å². The Morgan fingerprint density at radius 2 is 2.15 bits per heavy atom. The van der Waals surface area contributed by atoms with Gasteiger partial charge in [-0.1, -0.05) is 13.3 Å². The molecule has 0 radical (unpaired) electrons. The molecule has 1 aromatic heterocycles. The van der Waals surface area contributed by atoms with Gasteiger partial charge in [0.1, 0.15) is 24.4 Å². The normalized spacial score (nSPS) is 30.1. The van der Waals surface area contributed by atoms with E-state index in [1.807, 2.05) is 6.92 Å². The lowest BCUT2D eigenvalue weighted by Gasteiger charge is -2.31. The summed E-state index contributed by atoms with van der Waals surface area (Å²) < 4.78 is 46.9. The minimum Gasteiger partial charge on any atom is -0.372 e. The molecule has 27 heavy (non-hydrogen) atoms. The van der Waals surface area contributed by atoms with Gasteiger partial charge in [-0.2, -0.15) is 8.42 Å². The Balaban J connectivity index is 1.92. The molecule has 2 fully saturated rings. The van der Waals surface area contributed by atoms with Crippen LogP contribution in [0.25, 0.3) is 0 Å². The van der Waals surface area contributed by atoms with Gasteiger partial charge in [-0.25, -0.2) is 4.79 Å². The van der Waals surface area contributed by atoms with Crippen LogP contribution in [0, 0.1) is 6.92 Å². The first-order chi connectivity index (χ1) is 12.7. The van der Waals surface area contributed by atoms with Crippen LogP contribution in [0.15, 0.2) is 15.8 Å². The van der Waals surface area contributed by atoms with Gasteiger partial charge in [0.25, 0.3) is 15.7 Å². The van der Waals surface area contributed by atoms with Crippen LogP contribution in [0.4, 0.5) is 0 Å². The predicted octanol–water partition coefficient (Wildman–Crippen LogP) is -0.327. The molecule has 0 saturated carbocycles. The van der Waals surface area contributed by atoms with Crippen LogP contribution in [0.5, 0.6) is 0 Å². The minimum atomic E-state index is -3.70. The van der Waals surface area contributed by atoms with E-state index < -0.39 is 45.4 Å². The fourth-order valence-electron chi connectivity index (χ4n) is 3.30. The number of aromatic amines is 1. The third-order valence-electron chi connectivity index (χ3n) is 4.71. The Morgan fingerprint density at radius 1 is 1.41 bits per heavy atom. The fourth-order valence-corrected chi connectivity index (χ4v) is 3.72. The van der Waals surface area contributed by atoms with E-state index in [1.165, 1.54) is 10.8 Å². The van der Waals surface area contributed by atoms with Crippen molar-refractivity contribution in [3.8, 4) is 0 Å². The number of H-pyrrole nitrogens is 1. The molecule has 2 aliphatic rings. The number of aromatic nitrogens is 2. The Labute approximate surface area is 156 Å². The lowest BCUT2D eigenvalue weighted by Crippen LogP contribution is -2.47. The molecule has 10 nitrogen and oxygen atoms in total. The second kappa shape index (κ2) is 7.47. The first-order valence-corrected chi connectivity index (χ1v) is 10.6. The predicted molar refractivity (Wildman–Crippen MR) is 94.1 cm³/mol. The van der Waals surface area contributed by atoms with Crippen LogP contribution < -0.4 is 11.2 Å². The number of fused-ring (bicyclic) bond motifs is 2. The summed E-state index contributed by atoms with van der Waals surface area (Å²) in [5.74, 6) is 0. The molecule has 3 rings (SSSR count). The van der Waals surface area contributed by atoms with Crippen molar-refractivity contribution in [1.29, 1.82) is 0 Å². The lowest BCUT2D eigenvalue weighted by atomic mass is 10.00. The quantitative estimate of drug-likeness (QED) is 0.461. The number of nitrogens with zero attached hydrogens (tertiary/aromatic N) is 1. The molecule has 0 spiro atoms. The number of unbranched alkanes of at least 4 members (excludes halogenated alkanes) is 1. The topological polar surface area (TPSA) is 126 Å². The standard InChI is InChI=1S/C16H24N2O8S/c1-4-5-6-23-12-11-14(18-7-10(2)13(19)17-15(18)20)26-16(12,8-24-11)9-25-27(3,21)22/h7,11-12,14H,4-6,8-9H2,1-3H3,(H,17,19,20)/t11?,12?,14-,16-/m1/s1. The lowest BCUT2D eigenvalue weighted by molar-refractivity contribution is -0.185. The summed E-state index contributed by atoms with van der Waals surface area (Å²) in [4.78, 5) is 26.1. The van der Waals surface area contributed by atoms with E-state index in [0.29, 0.717) is 12.2 Å². The van der Waals surface area contributed by atoms with Crippen molar-refractivity contribution in [3.63, 3.8) is 0 Å². The van der Waals surface area contributed by atoms with Gasteiger partial charge in [0.15, 0.2) is 6.23 Å². The highest BCUT2D eigenvalue weighted by Gasteiger charge is 2.63. The van der Waals surface area contributed by atoms with Crippen LogP contribution in [-0.4, -0.2) is 61.9 Å². The van der Waals surface area contributed by atoms with Crippen molar-refractivity contribution in [2.24, 2.45) is 0 Å². The maximum absolute atomic E-state index is 12.2. The molecule has 2 saturated heterocycles. The van der Waals surface area contributed by atoms with Gasteiger partial charge < -0.3 is 14.2 Å². The summed E-state index contributed by atoms with van der Waals surface area (Å²) in [6.07, 6.45) is 1.98. The molecule has 0 aliphatic carbocycles. The molecule has 152 valence electrons. The molecule has 1 aromatic rings. The number of ether oxygens (including phenoxy) is 3. The van der Waals surface area contributed by atoms with Crippen LogP contribution in [0.2, 0.25) is 0 Å². The maximum Gasteiger partial charge on any atom is 0.330 e. The maximum atomic E-state index is 12.2. The van der Waals surface area contributed by atoms with E-state index in [9.17, 15) is 18.0 Å².